The number of aryl methyl sites for hydroxylation is 1. The molecule has 0 spiro atoms. The first-order chi connectivity index (χ1) is 11.6. The van der Waals surface area contributed by atoms with E-state index in [1.807, 2.05) is 55.6 Å². The summed E-state index contributed by atoms with van der Waals surface area (Å²) in [4.78, 5) is 12.1. The molecule has 24 heavy (non-hydrogen) atoms. The number of aromatic nitrogens is 2. The molecule has 1 unspecified atom stereocenters. The van der Waals surface area contributed by atoms with Crippen molar-refractivity contribution in [2.45, 2.75) is 19.6 Å². The predicted molar refractivity (Wildman–Crippen MR) is 89.3 cm³/mol. The van der Waals surface area contributed by atoms with Crippen LogP contribution in [0.4, 0.5) is 0 Å². The Hall–Kier alpha value is -3.02. The summed E-state index contributed by atoms with van der Waals surface area (Å²) < 4.78 is 13.1. The maximum atomic E-state index is 12.1. The topological polar surface area (TPSA) is 69.3 Å². The van der Waals surface area contributed by atoms with Gasteiger partial charge >= 0.3 is 0 Å². The second-order valence-corrected chi connectivity index (χ2v) is 5.40. The van der Waals surface area contributed by atoms with Crippen LogP contribution in [0.5, 0.6) is 5.75 Å². The molecule has 6 heteroatoms. The van der Waals surface area contributed by atoms with Crippen molar-refractivity contribution >= 4 is 5.91 Å². The first kappa shape index (κ1) is 15.9. The van der Waals surface area contributed by atoms with Gasteiger partial charge in [-0.15, -0.1) is 0 Å². The van der Waals surface area contributed by atoms with E-state index in [0.717, 1.165) is 5.69 Å². The van der Waals surface area contributed by atoms with Gasteiger partial charge in [0, 0.05) is 13.2 Å². The monoisotopic (exact) mass is 325 g/mol. The summed E-state index contributed by atoms with van der Waals surface area (Å²) in [5, 5.41) is 6.92. The second-order valence-electron chi connectivity index (χ2n) is 5.40. The number of para-hydroxylation sites is 1. The summed E-state index contributed by atoms with van der Waals surface area (Å²) in [5.41, 5.74) is 0.883. The largest absolute Gasteiger partial charge is 0.481 e. The number of hydrogen-bond donors (Lipinski definition) is 1. The van der Waals surface area contributed by atoms with Gasteiger partial charge in [0.05, 0.1) is 6.54 Å². The fourth-order valence-electron chi connectivity index (χ4n) is 2.30. The fourth-order valence-corrected chi connectivity index (χ4v) is 2.30. The van der Waals surface area contributed by atoms with E-state index in [-0.39, 0.29) is 5.91 Å². The van der Waals surface area contributed by atoms with Crippen LogP contribution in [0.2, 0.25) is 0 Å². The van der Waals surface area contributed by atoms with Gasteiger partial charge in [-0.25, -0.2) is 0 Å². The highest BCUT2D eigenvalue weighted by molar-refractivity contribution is 5.80. The summed E-state index contributed by atoms with van der Waals surface area (Å²) in [6, 6.07) is 14.8. The fraction of sp³-hybridized carbons (Fsp3) is 0.222. The van der Waals surface area contributed by atoms with Gasteiger partial charge in [-0.1, -0.05) is 18.2 Å². The molecular formula is C18H19N3O3. The quantitative estimate of drug-likeness (QED) is 0.756. The SMILES string of the molecule is CC(Oc1ccccc1)C(=O)NCc1ccc(-c2ccnn2C)o1. The smallest absolute Gasteiger partial charge is 0.261 e. The lowest BCUT2D eigenvalue weighted by Crippen LogP contribution is -2.35. The number of furan rings is 1. The third kappa shape index (κ3) is 3.65. The number of amides is 1. The van der Waals surface area contributed by atoms with Crippen LogP contribution in [-0.2, 0) is 18.4 Å². The molecular weight excluding hydrogens is 306 g/mol. The van der Waals surface area contributed by atoms with Crippen molar-refractivity contribution in [3.05, 3.63) is 60.5 Å². The molecule has 6 nitrogen and oxygen atoms in total. The number of hydrogen-bond acceptors (Lipinski definition) is 4. The molecule has 0 bridgehead atoms. The maximum absolute atomic E-state index is 12.1. The number of nitrogens with zero attached hydrogens (tertiary/aromatic N) is 2. The number of carbonyl (C=O) groups is 1. The molecule has 1 N–H and O–H groups in total. The Kier molecular flexibility index (Phi) is 4.65. The van der Waals surface area contributed by atoms with E-state index >= 15 is 0 Å². The first-order valence-electron chi connectivity index (χ1n) is 7.70. The Bertz CT molecular complexity index is 808. The third-order valence-electron chi connectivity index (χ3n) is 3.60. The van der Waals surface area contributed by atoms with Gasteiger partial charge in [0.15, 0.2) is 11.9 Å². The van der Waals surface area contributed by atoms with Gasteiger partial charge in [-0.05, 0) is 37.3 Å². The highest BCUT2D eigenvalue weighted by Crippen LogP contribution is 2.21. The van der Waals surface area contributed by atoms with E-state index in [2.05, 4.69) is 10.4 Å². The average Bonchev–Trinajstić information content (AvgIpc) is 3.22. The minimum absolute atomic E-state index is 0.197. The Morgan fingerprint density at radius 1 is 1.25 bits per heavy atom. The van der Waals surface area contributed by atoms with E-state index < -0.39 is 6.10 Å². The lowest BCUT2D eigenvalue weighted by atomic mass is 10.3. The molecule has 0 aliphatic carbocycles. The molecule has 2 aromatic heterocycles. The van der Waals surface area contributed by atoms with Crippen LogP contribution >= 0.6 is 0 Å². The lowest BCUT2D eigenvalue weighted by molar-refractivity contribution is -0.127. The standard InChI is InChI=1S/C18H19N3O3/c1-13(23-14-6-4-3-5-7-14)18(22)19-12-15-8-9-17(24-15)16-10-11-20-21(16)2/h3-11,13H,12H2,1-2H3,(H,19,22). The van der Waals surface area contributed by atoms with Gasteiger partial charge in [0.2, 0.25) is 0 Å². The van der Waals surface area contributed by atoms with Crippen molar-refractivity contribution < 1.29 is 13.9 Å². The van der Waals surface area contributed by atoms with E-state index in [1.54, 1.807) is 17.8 Å². The molecule has 0 radical (unpaired) electrons. The molecule has 3 aromatic rings. The molecule has 2 heterocycles. The van der Waals surface area contributed by atoms with Crippen molar-refractivity contribution in [3.63, 3.8) is 0 Å². The Labute approximate surface area is 140 Å². The second kappa shape index (κ2) is 7.04. The number of ether oxygens (including phenoxy) is 1. The van der Waals surface area contributed by atoms with Gasteiger partial charge in [-0.2, -0.15) is 5.10 Å². The van der Waals surface area contributed by atoms with E-state index in [0.29, 0.717) is 23.8 Å². The highest BCUT2D eigenvalue weighted by atomic mass is 16.5. The first-order valence-corrected chi connectivity index (χ1v) is 7.70. The summed E-state index contributed by atoms with van der Waals surface area (Å²) in [5.74, 6) is 1.85. The van der Waals surface area contributed by atoms with Crippen molar-refractivity contribution in [2.24, 2.45) is 7.05 Å². The average molecular weight is 325 g/mol. The Balaban J connectivity index is 1.55. The summed E-state index contributed by atoms with van der Waals surface area (Å²) >= 11 is 0. The number of nitrogens with one attached hydrogen (secondary N) is 1. The molecule has 0 aliphatic heterocycles. The minimum atomic E-state index is -0.584. The molecule has 0 aliphatic rings. The van der Waals surface area contributed by atoms with Crippen LogP contribution in [0.15, 0.2) is 59.1 Å². The van der Waals surface area contributed by atoms with Gasteiger partial charge in [0.25, 0.3) is 5.91 Å². The van der Waals surface area contributed by atoms with Crippen LogP contribution in [-0.4, -0.2) is 21.8 Å². The number of benzene rings is 1. The van der Waals surface area contributed by atoms with Gasteiger partial charge < -0.3 is 14.5 Å². The van der Waals surface area contributed by atoms with E-state index in [1.165, 1.54) is 0 Å². The zero-order valence-electron chi connectivity index (χ0n) is 13.6. The van der Waals surface area contributed by atoms with Crippen LogP contribution in [0.3, 0.4) is 0 Å². The maximum Gasteiger partial charge on any atom is 0.261 e. The molecule has 124 valence electrons. The summed E-state index contributed by atoms with van der Waals surface area (Å²) in [6.07, 6.45) is 1.13. The van der Waals surface area contributed by atoms with Crippen LogP contribution < -0.4 is 10.1 Å². The number of rotatable bonds is 6. The third-order valence-corrected chi connectivity index (χ3v) is 3.60. The van der Waals surface area contributed by atoms with Crippen molar-refractivity contribution in [1.29, 1.82) is 0 Å². The Morgan fingerprint density at radius 2 is 2.04 bits per heavy atom. The molecule has 1 amide bonds. The van der Waals surface area contributed by atoms with Crippen LogP contribution in [0.1, 0.15) is 12.7 Å². The molecule has 3 rings (SSSR count). The Morgan fingerprint density at radius 3 is 2.75 bits per heavy atom. The molecule has 0 saturated heterocycles. The van der Waals surface area contributed by atoms with Crippen molar-refractivity contribution in [3.8, 4) is 17.2 Å². The molecule has 1 aromatic carbocycles. The van der Waals surface area contributed by atoms with Gasteiger partial charge in [-0.3, -0.25) is 9.48 Å². The van der Waals surface area contributed by atoms with E-state index in [4.69, 9.17) is 9.15 Å². The minimum Gasteiger partial charge on any atom is -0.481 e. The predicted octanol–water partition coefficient (Wildman–Crippen LogP) is 2.76. The summed E-state index contributed by atoms with van der Waals surface area (Å²) in [7, 11) is 1.85. The van der Waals surface area contributed by atoms with Crippen LogP contribution in [0, 0.1) is 0 Å². The summed E-state index contributed by atoms with van der Waals surface area (Å²) in [6.45, 7) is 2.02. The van der Waals surface area contributed by atoms with E-state index in [9.17, 15) is 4.79 Å². The zero-order valence-corrected chi connectivity index (χ0v) is 13.6. The number of carbonyl (C=O) groups excluding carboxylic acids is 1. The lowest BCUT2D eigenvalue weighted by Gasteiger charge is -2.14. The highest BCUT2D eigenvalue weighted by Gasteiger charge is 2.15. The van der Waals surface area contributed by atoms with Crippen LogP contribution in [0.25, 0.3) is 11.5 Å². The van der Waals surface area contributed by atoms with Crippen molar-refractivity contribution in [2.75, 3.05) is 0 Å². The molecule has 0 fully saturated rings. The van der Waals surface area contributed by atoms with Crippen molar-refractivity contribution in [1.82, 2.24) is 15.1 Å². The zero-order chi connectivity index (χ0) is 16.9. The van der Waals surface area contributed by atoms with Gasteiger partial charge in [0.1, 0.15) is 17.2 Å². The molecule has 0 saturated carbocycles. The molecule has 1 atom stereocenters. The normalized spacial score (nSPS) is 11.9.